The highest BCUT2D eigenvalue weighted by Gasteiger charge is 2.13. The van der Waals surface area contributed by atoms with E-state index < -0.39 is 0 Å². The average molecular weight is 284 g/mol. The molecular weight excluding hydrogens is 272 g/mol. The topological polar surface area (TPSA) is 90.9 Å². The molecule has 0 radical (unpaired) electrons. The molecular formula is C16H12O5. The Balaban J connectivity index is 2.32. The molecule has 0 unspecified atom stereocenters. The molecule has 3 N–H and O–H groups in total. The van der Waals surface area contributed by atoms with E-state index >= 15 is 0 Å². The molecule has 2 aromatic carbocycles. The molecule has 106 valence electrons. The van der Waals surface area contributed by atoms with Gasteiger partial charge < -0.3 is 19.7 Å². The second-order valence-electron chi connectivity index (χ2n) is 4.82. The van der Waals surface area contributed by atoms with Crippen LogP contribution in [0.2, 0.25) is 0 Å². The van der Waals surface area contributed by atoms with Gasteiger partial charge in [0.25, 0.3) is 0 Å². The van der Waals surface area contributed by atoms with Gasteiger partial charge in [0.05, 0.1) is 10.9 Å². The van der Waals surface area contributed by atoms with Gasteiger partial charge in [-0.15, -0.1) is 0 Å². The van der Waals surface area contributed by atoms with Crippen molar-refractivity contribution in [1.29, 1.82) is 0 Å². The maximum Gasteiger partial charge on any atom is 0.200 e. The molecule has 0 aliphatic rings. The van der Waals surface area contributed by atoms with E-state index in [1.807, 2.05) is 0 Å². The smallest absolute Gasteiger partial charge is 0.200 e. The number of phenols is 3. The van der Waals surface area contributed by atoms with Gasteiger partial charge >= 0.3 is 0 Å². The highest BCUT2D eigenvalue weighted by molar-refractivity contribution is 5.85. The summed E-state index contributed by atoms with van der Waals surface area (Å²) in [6, 6.07) is 6.98. The standard InChI is InChI=1S/C16H12O5/c1-8-4-10(17)6-14-15(8)16(20)11(7-21-14)9-2-3-12(18)13(19)5-9/h2-7,17-19H,1H3. The molecule has 0 amide bonds. The number of aromatic hydroxyl groups is 3. The fourth-order valence-electron chi connectivity index (χ4n) is 2.32. The summed E-state index contributed by atoms with van der Waals surface area (Å²) in [6.07, 6.45) is 1.27. The van der Waals surface area contributed by atoms with Gasteiger partial charge in [-0.1, -0.05) is 6.07 Å². The minimum atomic E-state index is -0.311. The average Bonchev–Trinajstić information content (AvgIpc) is 2.41. The van der Waals surface area contributed by atoms with Gasteiger partial charge in [0.15, 0.2) is 11.5 Å². The summed E-state index contributed by atoms with van der Waals surface area (Å²) >= 11 is 0. The van der Waals surface area contributed by atoms with Gasteiger partial charge in [-0.3, -0.25) is 4.79 Å². The number of rotatable bonds is 1. The molecule has 0 spiro atoms. The molecule has 0 saturated heterocycles. The van der Waals surface area contributed by atoms with Crippen LogP contribution in [0.3, 0.4) is 0 Å². The molecule has 3 rings (SSSR count). The molecule has 0 aliphatic carbocycles. The number of phenolic OH excluding ortho intramolecular Hbond substituents is 3. The van der Waals surface area contributed by atoms with Crippen molar-refractivity contribution in [2.75, 3.05) is 0 Å². The summed E-state index contributed by atoms with van der Waals surface area (Å²) < 4.78 is 5.41. The molecule has 5 nitrogen and oxygen atoms in total. The van der Waals surface area contributed by atoms with Gasteiger partial charge in [0, 0.05) is 6.07 Å². The van der Waals surface area contributed by atoms with E-state index in [9.17, 15) is 20.1 Å². The van der Waals surface area contributed by atoms with Gasteiger partial charge in [-0.05, 0) is 36.2 Å². The van der Waals surface area contributed by atoms with Crippen LogP contribution in [-0.4, -0.2) is 15.3 Å². The molecule has 0 atom stereocenters. The van der Waals surface area contributed by atoms with Crippen molar-refractivity contribution in [3.63, 3.8) is 0 Å². The van der Waals surface area contributed by atoms with Crippen LogP contribution in [-0.2, 0) is 0 Å². The first-order valence-corrected chi connectivity index (χ1v) is 6.25. The minimum absolute atomic E-state index is 0.0261. The molecule has 1 heterocycles. The Morgan fingerprint density at radius 3 is 2.48 bits per heavy atom. The van der Waals surface area contributed by atoms with Crippen molar-refractivity contribution in [2.24, 2.45) is 0 Å². The number of hydrogen-bond acceptors (Lipinski definition) is 5. The molecule has 5 heteroatoms. The van der Waals surface area contributed by atoms with E-state index in [2.05, 4.69) is 0 Å². The van der Waals surface area contributed by atoms with E-state index in [0.29, 0.717) is 22.1 Å². The fourth-order valence-corrected chi connectivity index (χ4v) is 2.32. The van der Waals surface area contributed by atoms with Crippen LogP contribution in [0.1, 0.15) is 5.56 Å². The van der Waals surface area contributed by atoms with Crippen LogP contribution < -0.4 is 5.43 Å². The van der Waals surface area contributed by atoms with E-state index in [1.54, 1.807) is 6.92 Å². The van der Waals surface area contributed by atoms with E-state index in [4.69, 9.17) is 4.42 Å². The quantitative estimate of drug-likeness (QED) is 0.598. The van der Waals surface area contributed by atoms with E-state index in [0.717, 1.165) is 0 Å². The first-order valence-electron chi connectivity index (χ1n) is 6.25. The number of fused-ring (bicyclic) bond motifs is 1. The first kappa shape index (κ1) is 13.1. The Bertz CT molecular complexity index is 908. The Morgan fingerprint density at radius 1 is 1.00 bits per heavy atom. The Kier molecular flexibility index (Phi) is 2.83. The van der Waals surface area contributed by atoms with Crippen molar-refractivity contribution in [3.05, 3.63) is 52.4 Å². The largest absolute Gasteiger partial charge is 0.508 e. The zero-order valence-corrected chi connectivity index (χ0v) is 11.1. The Labute approximate surface area is 119 Å². The highest BCUT2D eigenvalue weighted by atomic mass is 16.3. The molecule has 3 aromatic rings. The SMILES string of the molecule is Cc1cc(O)cc2occ(-c3ccc(O)c(O)c3)c(=O)c12. The maximum absolute atomic E-state index is 12.6. The highest BCUT2D eigenvalue weighted by Crippen LogP contribution is 2.31. The summed E-state index contributed by atoms with van der Waals surface area (Å²) in [5.74, 6) is -0.544. The summed E-state index contributed by atoms with van der Waals surface area (Å²) in [6.45, 7) is 1.71. The lowest BCUT2D eigenvalue weighted by Gasteiger charge is -2.06. The van der Waals surface area contributed by atoms with E-state index in [-0.39, 0.29) is 28.2 Å². The van der Waals surface area contributed by atoms with Crippen molar-refractivity contribution in [3.8, 4) is 28.4 Å². The lowest BCUT2D eigenvalue weighted by Crippen LogP contribution is -2.06. The number of aryl methyl sites for hydroxylation is 1. The summed E-state index contributed by atoms with van der Waals surface area (Å²) in [4.78, 5) is 12.6. The second kappa shape index (κ2) is 4.56. The van der Waals surface area contributed by atoms with Crippen LogP contribution >= 0.6 is 0 Å². The zero-order valence-electron chi connectivity index (χ0n) is 11.1. The predicted molar refractivity (Wildman–Crippen MR) is 77.7 cm³/mol. The Morgan fingerprint density at radius 2 is 1.76 bits per heavy atom. The third kappa shape index (κ3) is 2.08. The summed E-state index contributed by atoms with van der Waals surface area (Å²) in [5.41, 5.74) is 1.34. The van der Waals surface area contributed by atoms with E-state index in [1.165, 1.54) is 36.6 Å². The minimum Gasteiger partial charge on any atom is -0.508 e. The van der Waals surface area contributed by atoms with Crippen molar-refractivity contribution >= 4 is 11.0 Å². The van der Waals surface area contributed by atoms with Crippen LogP contribution in [0, 0.1) is 6.92 Å². The van der Waals surface area contributed by atoms with Gasteiger partial charge in [-0.25, -0.2) is 0 Å². The molecule has 21 heavy (non-hydrogen) atoms. The van der Waals surface area contributed by atoms with Gasteiger partial charge in [0.1, 0.15) is 17.6 Å². The Hall–Kier alpha value is -2.95. The predicted octanol–water partition coefficient (Wildman–Crippen LogP) is 2.89. The molecule has 1 aromatic heterocycles. The molecule has 0 saturated carbocycles. The first-order chi connectivity index (χ1) is 9.97. The maximum atomic E-state index is 12.6. The summed E-state index contributed by atoms with van der Waals surface area (Å²) in [7, 11) is 0. The van der Waals surface area contributed by atoms with Crippen LogP contribution in [0.25, 0.3) is 22.1 Å². The van der Waals surface area contributed by atoms with Crippen LogP contribution in [0.5, 0.6) is 17.2 Å². The third-order valence-corrected chi connectivity index (χ3v) is 3.35. The second-order valence-corrected chi connectivity index (χ2v) is 4.82. The van der Waals surface area contributed by atoms with Crippen LogP contribution in [0.4, 0.5) is 0 Å². The summed E-state index contributed by atoms with van der Waals surface area (Å²) in [5, 5.41) is 28.8. The fraction of sp³-hybridized carbons (Fsp3) is 0.0625. The van der Waals surface area contributed by atoms with Gasteiger partial charge in [-0.2, -0.15) is 0 Å². The molecule has 0 fully saturated rings. The van der Waals surface area contributed by atoms with Crippen molar-refractivity contribution in [2.45, 2.75) is 6.92 Å². The lowest BCUT2D eigenvalue weighted by atomic mass is 10.0. The molecule has 0 aliphatic heterocycles. The van der Waals surface area contributed by atoms with Crippen LogP contribution in [0.15, 0.2) is 45.8 Å². The van der Waals surface area contributed by atoms with Crippen molar-refractivity contribution in [1.82, 2.24) is 0 Å². The number of hydrogen-bond donors (Lipinski definition) is 3. The monoisotopic (exact) mass is 284 g/mol. The molecule has 0 bridgehead atoms. The third-order valence-electron chi connectivity index (χ3n) is 3.35. The van der Waals surface area contributed by atoms with Gasteiger partial charge in [0.2, 0.25) is 5.43 Å². The lowest BCUT2D eigenvalue weighted by molar-refractivity contribution is 0.404. The normalized spacial score (nSPS) is 10.9. The zero-order chi connectivity index (χ0) is 15.1. The van der Waals surface area contributed by atoms with Crippen molar-refractivity contribution < 1.29 is 19.7 Å². The number of benzene rings is 2.